The van der Waals surface area contributed by atoms with Gasteiger partial charge in [0.2, 0.25) is 11.7 Å². The van der Waals surface area contributed by atoms with Crippen molar-refractivity contribution < 1.29 is 14.0 Å². The normalized spacial score (nSPS) is 18.1. The van der Waals surface area contributed by atoms with Gasteiger partial charge < -0.3 is 19.3 Å². The fourth-order valence-corrected chi connectivity index (χ4v) is 4.03. The van der Waals surface area contributed by atoms with Gasteiger partial charge in [0.15, 0.2) is 0 Å². The van der Waals surface area contributed by atoms with E-state index in [9.17, 15) is 0 Å². The predicted octanol–water partition coefficient (Wildman–Crippen LogP) is 2.81. The van der Waals surface area contributed by atoms with Gasteiger partial charge >= 0.3 is 0 Å². The third-order valence-corrected chi connectivity index (χ3v) is 5.52. The Hall–Kier alpha value is -2.93. The minimum Gasteiger partial charge on any atom is -0.497 e. The predicted molar refractivity (Wildman–Crippen MR) is 103 cm³/mol. The Morgan fingerprint density at radius 1 is 1.25 bits per heavy atom. The average molecular weight is 378 g/mol. The lowest BCUT2D eigenvalue weighted by atomic mass is 9.95. The van der Waals surface area contributed by atoms with Crippen molar-refractivity contribution in [3.8, 4) is 22.9 Å². The molecule has 2 aliphatic rings. The second kappa shape index (κ2) is 6.91. The Morgan fingerprint density at radius 3 is 3.07 bits per heavy atom. The molecule has 144 valence electrons. The molecule has 7 heteroatoms. The number of nitrogens with zero attached hydrogens (tertiary/aromatic N) is 3. The van der Waals surface area contributed by atoms with Crippen LogP contribution in [0.4, 0.5) is 0 Å². The molecule has 1 unspecified atom stereocenters. The van der Waals surface area contributed by atoms with E-state index in [1.54, 1.807) is 7.11 Å². The van der Waals surface area contributed by atoms with E-state index in [1.807, 2.05) is 31.3 Å². The lowest BCUT2D eigenvalue weighted by molar-refractivity contribution is 0.230. The lowest BCUT2D eigenvalue weighted by Gasteiger charge is -2.23. The Balaban J connectivity index is 1.46. The van der Waals surface area contributed by atoms with Crippen LogP contribution in [-0.4, -0.2) is 35.4 Å². The number of benzene rings is 1. The number of aromatic nitrogens is 3. The summed E-state index contributed by atoms with van der Waals surface area (Å²) in [7, 11) is 1.67. The molecular formula is C21H22N4O3. The topological polar surface area (TPSA) is 82.3 Å². The molecule has 5 rings (SSSR count). The summed E-state index contributed by atoms with van der Waals surface area (Å²) < 4.78 is 16.9. The average Bonchev–Trinajstić information content (AvgIpc) is 3.22. The van der Waals surface area contributed by atoms with Gasteiger partial charge in [0, 0.05) is 24.0 Å². The highest BCUT2D eigenvalue weighted by molar-refractivity contribution is 5.64. The smallest absolute Gasteiger partial charge is 0.233 e. The van der Waals surface area contributed by atoms with Crippen LogP contribution in [0.1, 0.15) is 34.2 Å². The molecule has 2 aromatic heterocycles. The third-order valence-electron chi connectivity index (χ3n) is 5.52. The molecule has 3 aromatic rings. The summed E-state index contributed by atoms with van der Waals surface area (Å²) >= 11 is 0. The Bertz CT molecular complexity index is 1030. The summed E-state index contributed by atoms with van der Waals surface area (Å²) in [4.78, 5) is 9.28. The summed E-state index contributed by atoms with van der Waals surface area (Å²) in [5, 5.41) is 7.68. The first kappa shape index (κ1) is 17.2. The van der Waals surface area contributed by atoms with Crippen molar-refractivity contribution in [1.82, 2.24) is 20.4 Å². The first-order valence-electron chi connectivity index (χ1n) is 9.54. The Labute approximate surface area is 163 Å². The Morgan fingerprint density at radius 2 is 2.18 bits per heavy atom. The van der Waals surface area contributed by atoms with Gasteiger partial charge in [0.1, 0.15) is 18.1 Å². The van der Waals surface area contributed by atoms with Gasteiger partial charge in [-0.15, -0.1) is 0 Å². The molecule has 0 spiro atoms. The minimum absolute atomic E-state index is 0.0235. The number of pyridine rings is 1. The van der Waals surface area contributed by atoms with E-state index < -0.39 is 0 Å². The number of rotatable bonds is 3. The molecule has 0 saturated heterocycles. The van der Waals surface area contributed by atoms with Crippen LogP contribution in [-0.2, 0) is 19.4 Å². The number of aryl methyl sites for hydroxylation is 1. The minimum atomic E-state index is 0.0235. The molecule has 2 aliphatic heterocycles. The molecule has 0 fully saturated rings. The molecule has 4 heterocycles. The molecule has 28 heavy (non-hydrogen) atoms. The van der Waals surface area contributed by atoms with Crippen molar-refractivity contribution >= 4 is 0 Å². The first-order valence-corrected chi connectivity index (χ1v) is 9.54. The molecule has 0 radical (unpaired) electrons. The number of ether oxygens (including phenoxy) is 2. The van der Waals surface area contributed by atoms with E-state index in [1.165, 1.54) is 11.1 Å². The van der Waals surface area contributed by atoms with Crippen molar-refractivity contribution in [3.63, 3.8) is 0 Å². The summed E-state index contributed by atoms with van der Waals surface area (Å²) in [6, 6.07) is 5.86. The van der Waals surface area contributed by atoms with E-state index in [2.05, 4.69) is 15.5 Å². The largest absolute Gasteiger partial charge is 0.497 e. The second-order valence-electron chi connectivity index (χ2n) is 7.29. The van der Waals surface area contributed by atoms with Crippen LogP contribution in [0.25, 0.3) is 11.4 Å². The zero-order chi connectivity index (χ0) is 19.1. The number of hydrogen-bond donors (Lipinski definition) is 1. The van der Waals surface area contributed by atoms with Crippen molar-refractivity contribution in [2.45, 2.75) is 32.2 Å². The number of fused-ring (bicyclic) bond motifs is 2. The van der Waals surface area contributed by atoms with Crippen molar-refractivity contribution in [1.29, 1.82) is 0 Å². The second-order valence-corrected chi connectivity index (χ2v) is 7.29. The maximum absolute atomic E-state index is 5.92. The molecule has 0 aliphatic carbocycles. The SMILES string of the molecule is COc1ccc2c(c1)CC(c1nc(-c3c(C)ncc4c3CCNC4)no1)CO2. The van der Waals surface area contributed by atoms with Crippen LogP contribution in [0.2, 0.25) is 0 Å². The lowest BCUT2D eigenvalue weighted by Crippen LogP contribution is -2.25. The fraction of sp³-hybridized carbons (Fsp3) is 0.381. The summed E-state index contributed by atoms with van der Waals surface area (Å²) in [6.07, 6.45) is 3.67. The third kappa shape index (κ3) is 2.92. The van der Waals surface area contributed by atoms with Gasteiger partial charge in [0.25, 0.3) is 0 Å². The summed E-state index contributed by atoms with van der Waals surface area (Å²) in [5.74, 6) is 2.96. The molecule has 0 saturated carbocycles. The molecular weight excluding hydrogens is 356 g/mol. The van der Waals surface area contributed by atoms with Crippen LogP contribution in [0, 0.1) is 6.92 Å². The van der Waals surface area contributed by atoms with Crippen LogP contribution >= 0.6 is 0 Å². The highest BCUT2D eigenvalue weighted by Gasteiger charge is 2.28. The van der Waals surface area contributed by atoms with Gasteiger partial charge in [-0.25, -0.2) is 0 Å². The summed E-state index contributed by atoms with van der Waals surface area (Å²) in [5.41, 5.74) is 5.51. The van der Waals surface area contributed by atoms with E-state index >= 15 is 0 Å². The van der Waals surface area contributed by atoms with E-state index in [4.69, 9.17) is 19.0 Å². The Kier molecular flexibility index (Phi) is 4.24. The van der Waals surface area contributed by atoms with Gasteiger partial charge in [0.05, 0.1) is 13.0 Å². The molecule has 1 atom stereocenters. The van der Waals surface area contributed by atoms with Crippen LogP contribution in [0.3, 0.4) is 0 Å². The van der Waals surface area contributed by atoms with E-state index in [0.29, 0.717) is 18.3 Å². The fourth-order valence-electron chi connectivity index (χ4n) is 4.03. The van der Waals surface area contributed by atoms with E-state index in [-0.39, 0.29) is 5.92 Å². The highest BCUT2D eigenvalue weighted by Crippen LogP contribution is 2.35. The highest BCUT2D eigenvalue weighted by atomic mass is 16.5. The zero-order valence-electron chi connectivity index (χ0n) is 16.0. The van der Waals surface area contributed by atoms with Gasteiger partial charge in [-0.05, 0) is 61.2 Å². The number of methoxy groups -OCH3 is 1. The molecule has 0 bridgehead atoms. The van der Waals surface area contributed by atoms with Crippen molar-refractivity contribution in [3.05, 3.63) is 52.7 Å². The molecule has 7 nitrogen and oxygen atoms in total. The van der Waals surface area contributed by atoms with Gasteiger partial charge in [-0.2, -0.15) is 4.98 Å². The van der Waals surface area contributed by atoms with Crippen LogP contribution < -0.4 is 14.8 Å². The molecule has 0 amide bonds. The number of nitrogens with one attached hydrogen (secondary N) is 1. The van der Waals surface area contributed by atoms with Gasteiger partial charge in [-0.1, -0.05) is 5.16 Å². The van der Waals surface area contributed by atoms with E-state index in [0.717, 1.165) is 54.3 Å². The summed E-state index contributed by atoms with van der Waals surface area (Å²) in [6.45, 7) is 4.30. The first-order chi connectivity index (χ1) is 13.7. The van der Waals surface area contributed by atoms with Crippen LogP contribution in [0.5, 0.6) is 11.5 Å². The maximum atomic E-state index is 5.92. The van der Waals surface area contributed by atoms with Crippen molar-refractivity contribution in [2.24, 2.45) is 0 Å². The molecule has 1 N–H and O–H groups in total. The van der Waals surface area contributed by atoms with Crippen molar-refractivity contribution in [2.75, 3.05) is 20.3 Å². The van der Waals surface area contributed by atoms with Gasteiger partial charge in [-0.3, -0.25) is 4.98 Å². The maximum Gasteiger partial charge on any atom is 0.233 e. The molecule has 1 aromatic carbocycles. The zero-order valence-corrected chi connectivity index (χ0v) is 16.0. The standard InChI is InChI=1S/C21H22N4O3/c1-12-19(17-5-6-22-9-15(17)10-23-12)20-24-21(28-25-20)14-7-13-8-16(26-2)3-4-18(13)27-11-14/h3-4,8,10,14,22H,5-7,9,11H2,1-2H3. The number of hydrogen-bond acceptors (Lipinski definition) is 7. The quantitative estimate of drug-likeness (QED) is 0.750. The monoisotopic (exact) mass is 378 g/mol. The van der Waals surface area contributed by atoms with Crippen LogP contribution in [0.15, 0.2) is 28.9 Å².